The van der Waals surface area contributed by atoms with E-state index in [1.165, 1.54) is 6.42 Å². The molecule has 1 N–H and O–H groups in total. The summed E-state index contributed by atoms with van der Waals surface area (Å²) < 4.78 is 0. The molecule has 1 unspecified atom stereocenters. The first-order valence-electron chi connectivity index (χ1n) is 3.17. The van der Waals surface area contributed by atoms with Crippen LogP contribution in [0, 0.1) is 0 Å². The Morgan fingerprint density at radius 3 is 3.00 bits per heavy atom. The van der Waals surface area contributed by atoms with Gasteiger partial charge in [-0.1, -0.05) is 5.11 Å². The lowest BCUT2D eigenvalue weighted by Crippen LogP contribution is -2.23. The molecular formula is C5H11ClN4. The van der Waals surface area contributed by atoms with Gasteiger partial charge in [0.25, 0.3) is 0 Å². The van der Waals surface area contributed by atoms with E-state index in [1.54, 1.807) is 0 Å². The molecule has 0 bridgehead atoms. The molecule has 0 saturated carbocycles. The minimum atomic E-state index is 0. The Labute approximate surface area is 66.0 Å². The zero-order chi connectivity index (χ0) is 6.53. The van der Waals surface area contributed by atoms with E-state index in [0.29, 0.717) is 12.6 Å². The maximum Gasteiger partial charge on any atom is 0.0412 e. The van der Waals surface area contributed by atoms with Gasteiger partial charge in [0.15, 0.2) is 0 Å². The summed E-state index contributed by atoms with van der Waals surface area (Å²) in [4.78, 5) is 2.68. The van der Waals surface area contributed by atoms with Gasteiger partial charge in [-0.25, -0.2) is 0 Å². The lowest BCUT2D eigenvalue weighted by atomic mass is 10.2. The molecule has 0 aromatic rings. The molecule has 1 heterocycles. The van der Waals surface area contributed by atoms with Crippen LogP contribution in [-0.2, 0) is 0 Å². The average Bonchev–Trinajstić information content (AvgIpc) is 2.34. The first-order chi connectivity index (χ1) is 4.43. The zero-order valence-electron chi connectivity index (χ0n) is 5.66. The van der Waals surface area contributed by atoms with E-state index in [2.05, 4.69) is 15.3 Å². The molecule has 1 atom stereocenters. The lowest BCUT2D eigenvalue weighted by Gasteiger charge is -2.02. The van der Waals surface area contributed by atoms with Gasteiger partial charge in [0.2, 0.25) is 0 Å². The molecule has 1 aliphatic heterocycles. The lowest BCUT2D eigenvalue weighted by molar-refractivity contribution is 0.615. The van der Waals surface area contributed by atoms with Crippen LogP contribution < -0.4 is 5.32 Å². The molecule has 1 fully saturated rings. The van der Waals surface area contributed by atoms with Crippen LogP contribution in [0.4, 0.5) is 0 Å². The molecule has 4 nitrogen and oxygen atoms in total. The van der Waals surface area contributed by atoms with Crippen molar-refractivity contribution >= 4 is 12.4 Å². The Kier molecular flexibility index (Phi) is 5.12. The number of nitrogens with one attached hydrogen (secondary N) is 1. The van der Waals surface area contributed by atoms with Crippen molar-refractivity contribution in [1.29, 1.82) is 0 Å². The number of halogens is 1. The third-order valence-corrected chi connectivity index (χ3v) is 1.53. The first-order valence-corrected chi connectivity index (χ1v) is 3.17. The molecule has 1 saturated heterocycles. The molecule has 1 rings (SSSR count). The van der Waals surface area contributed by atoms with Gasteiger partial charge in [-0.15, -0.1) is 12.4 Å². The SMILES string of the molecule is Cl.[N-]=[N+]=NCC1CCCN1. The Morgan fingerprint density at radius 1 is 1.70 bits per heavy atom. The van der Waals surface area contributed by atoms with E-state index < -0.39 is 0 Å². The molecule has 1 aliphatic rings. The Bertz CT molecular complexity index is 126. The molecule has 0 aromatic heterocycles. The van der Waals surface area contributed by atoms with Gasteiger partial charge >= 0.3 is 0 Å². The normalized spacial score (nSPS) is 23.0. The zero-order valence-corrected chi connectivity index (χ0v) is 6.47. The van der Waals surface area contributed by atoms with E-state index in [-0.39, 0.29) is 12.4 Å². The van der Waals surface area contributed by atoms with Crippen LogP contribution in [0.2, 0.25) is 0 Å². The maximum absolute atomic E-state index is 7.96. The summed E-state index contributed by atoms with van der Waals surface area (Å²) in [6.45, 7) is 1.68. The average molecular weight is 163 g/mol. The van der Waals surface area contributed by atoms with Crippen molar-refractivity contribution in [3.63, 3.8) is 0 Å². The predicted octanol–water partition coefficient (Wildman–Crippen LogP) is 1.47. The maximum atomic E-state index is 7.96. The van der Waals surface area contributed by atoms with Crippen LogP contribution in [0.25, 0.3) is 10.4 Å². The Balaban J connectivity index is 0.000000810. The fourth-order valence-corrected chi connectivity index (χ4v) is 1.05. The van der Waals surface area contributed by atoms with Crippen LogP contribution >= 0.6 is 12.4 Å². The van der Waals surface area contributed by atoms with Crippen molar-refractivity contribution < 1.29 is 0 Å². The molecule has 58 valence electrons. The first kappa shape index (κ1) is 9.56. The van der Waals surface area contributed by atoms with Gasteiger partial charge in [0.1, 0.15) is 0 Å². The quantitative estimate of drug-likeness (QED) is 0.373. The highest BCUT2D eigenvalue weighted by Crippen LogP contribution is 2.04. The van der Waals surface area contributed by atoms with Crippen LogP contribution in [0.15, 0.2) is 5.11 Å². The van der Waals surface area contributed by atoms with Gasteiger partial charge < -0.3 is 5.32 Å². The number of nitrogens with zero attached hydrogens (tertiary/aromatic N) is 3. The Hall–Kier alpha value is -0.440. The summed E-state index contributed by atoms with van der Waals surface area (Å²) in [6.07, 6.45) is 2.37. The molecule has 0 aliphatic carbocycles. The standard InChI is InChI=1S/C5H10N4.ClH/c6-9-8-4-5-2-1-3-7-5;/h5,7H,1-4H2;1H. The number of azide groups is 1. The fraction of sp³-hybridized carbons (Fsp3) is 1.00. The van der Waals surface area contributed by atoms with E-state index >= 15 is 0 Å². The van der Waals surface area contributed by atoms with E-state index in [0.717, 1.165) is 13.0 Å². The van der Waals surface area contributed by atoms with Crippen LogP contribution in [0.5, 0.6) is 0 Å². The van der Waals surface area contributed by atoms with Gasteiger partial charge in [-0.05, 0) is 24.9 Å². The van der Waals surface area contributed by atoms with Crippen molar-refractivity contribution in [3.05, 3.63) is 10.4 Å². The smallest absolute Gasteiger partial charge is 0.0412 e. The molecule has 0 radical (unpaired) electrons. The minimum Gasteiger partial charge on any atom is -0.314 e. The topological polar surface area (TPSA) is 60.8 Å². The molecule has 0 spiro atoms. The summed E-state index contributed by atoms with van der Waals surface area (Å²) >= 11 is 0. The van der Waals surface area contributed by atoms with Crippen LogP contribution in [-0.4, -0.2) is 19.1 Å². The summed E-state index contributed by atoms with van der Waals surface area (Å²) in [5, 5.41) is 6.70. The number of hydrogen-bond acceptors (Lipinski definition) is 2. The Morgan fingerprint density at radius 2 is 2.50 bits per heavy atom. The summed E-state index contributed by atoms with van der Waals surface area (Å²) in [6, 6.07) is 0.445. The van der Waals surface area contributed by atoms with Crippen molar-refractivity contribution in [3.8, 4) is 0 Å². The predicted molar refractivity (Wildman–Crippen MR) is 42.3 cm³/mol. The third kappa shape index (κ3) is 2.92. The number of rotatable bonds is 2. The van der Waals surface area contributed by atoms with Gasteiger partial charge in [-0.2, -0.15) is 0 Å². The molecule has 10 heavy (non-hydrogen) atoms. The summed E-state index contributed by atoms with van der Waals surface area (Å²) in [5.74, 6) is 0. The molecule has 5 heteroatoms. The fourth-order valence-electron chi connectivity index (χ4n) is 1.05. The second-order valence-electron chi connectivity index (χ2n) is 2.21. The van der Waals surface area contributed by atoms with E-state index in [9.17, 15) is 0 Å². The van der Waals surface area contributed by atoms with Crippen LogP contribution in [0.1, 0.15) is 12.8 Å². The van der Waals surface area contributed by atoms with Crippen LogP contribution in [0.3, 0.4) is 0 Å². The second-order valence-corrected chi connectivity index (χ2v) is 2.21. The van der Waals surface area contributed by atoms with Gasteiger partial charge in [-0.3, -0.25) is 0 Å². The van der Waals surface area contributed by atoms with Gasteiger partial charge in [0, 0.05) is 17.5 Å². The number of hydrogen-bond donors (Lipinski definition) is 1. The molecule has 0 amide bonds. The van der Waals surface area contributed by atoms with Crippen molar-refractivity contribution in [2.45, 2.75) is 18.9 Å². The van der Waals surface area contributed by atoms with Crippen molar-refractivity contribution in [2.24, 2.45) is 5.11 Å². The highest BCUT2D eigenvalue weighted by Gasteiger charge is 2.11. The summed E-state index contributed by atoms with van der Waals surface area (Å²) in [5.41, 5.74) is 7.96. The summed E-state index contributed by atoms with van der Waals surface area (Å²) in [7, 11) is 0. The van der Waals surface area contributed by atoms with Crippen molar-refractivity contribution in [1.82, 2.24) is 5.32 Å². The van der Waals surface area contributed by atoms with E-state index in [1.807, 2.05) is 0 Å². The second kappa shape index (κ2) is 5.35. The largest absolute Gasteiger partial charge is 0.314 e. The minimum absolute atomic E-state index is 0. The molecule has 0 aromatic carbocycles. The van der Waals surface area contributed by atoms with Gasteiger partial charge in [0.05, 0.1) is 0 Å². The third-order valence-electron chi connectivity index (χ3n) is 1.53. The highest BCUT2D eigenvalue weighted by atomic mass is 35.5. The molecular weight excluding hydrogens is 152 g/mol. The van der Waals surface area contributed by atoms with Crippen molar-refractivity contribution in [2.75, 3.05) is 13.1 Å². The highest BCUT2D eigenvalue weighted by molar-refractivity contribution is 5.85. The van der Waals surface area contributed by atoms with E-state index in [4.69, 9.17) is 5.53 Å². The monoisotopic (exact) mass is 162 g/mol.